The van der Waals surface area contributed by atoms with E-state index in [1.165, 1.54) is 7.11 Å². The van der Waals surface area contributed by atoms with Crippen LogP contribution in [0.5, 0.6) is 0 Å². The second-order valence-corrected chi connectivity index (χ2v) is 6.19. The van der Waals surface area contributed by atoms with E-state index in [0.29, 0.717) is 11.4 Å². The van der Waals surface area contributed by atoms with Crippen LogP contribution in [-0.4, -0.2) is 23.0 Å². The van der Waals surface area contributed by atoms with E-state index in [4.69, 9.17) is 16.3 Å². The zero-order valence-electron chi connectivity index (χ0n) is 11.9. The molecule has 3 aromatic rings. The standard InChI is InChI=1S/C15H12ClN3O2S/c1-8-6-11-12(18-15(16)19-13(11)22-8)17-10-5-3-4-9(7-10)14(20)21-2/h3-7H,1-2H3,(H,17,18,19). The average molecular weight is 334 g/mol. The fraction of sp³-hybridized carbons (Fsp3) is 0.133. The number of hydrogen-bond acceptors (Lipinski definition) is 6. The molecule has 1 N–H and O–H groups in total. The van der Waals surface area contributed by atoms with Crippen molar-refractivity contribution in [2.45, 2.75) is 6.92 Å². The van der Waals surface area contributed by atoms with Crippen LogP contribution in [0.4, 0.5) is 11.5 Å². The SMILES string of the molecule is COC(=O)c1cccc(Nc2nc(Cl)nc3sc(C)cc23)c1. The van der Waals surface area contributed by atoms with Gasteiger partial charge in [0.1, 0.15) is 10.6 Å². The van der Waals surface area contributed by atoms with Gasteiger partial charge >= 0.3 is 5.97 Å². The molecule has 0 fully saturated rings. The summed E-state index contributed by atoms with van der Waals surface area (Å²) in [6.07, 6.45) is 0. The van der Waals surface area contributed by atoms with E-state index in [1.807, 2.05) is 19.1 Å². The third-order valence-corrected chi connectivity index (χ3v) is 4.15. The molecule has 0 radical (unpaired) electrons. The van der Waals surface area contributed by atoms with Crippen molar-refractivity contribution < 1.29 is 9.53 Å². The van der Waals surface area contributed by atoms with Crippen molar-refractivity contribution in [1.29, 1.82) is 0 Å². The number of aryl methyl sites for hydroxylation is 1. The van der Waals surface area contributed by atoms with Crippen LogP contribution >= 0.6 is 22.9 Å². The van der Waals surface area contributed by atoms with E-state index in [2.05, 4.69) is 15.3 Å². The van der Waals surface area contributed by atoms with Gasteiger partial charge in [-0.1, -0.05) is 6.07 Å². The van der Waals surface area contributed by atoms with Gasteiger partial charge in [-0.25, -0.2) is 9.78 Å². The molecule has 2 aromatic heterocycles. The van der Waals surface area contributed by atoms with Crippen molar-refractivity contribution in [3.8, 4) is 0 Å². The summed E-state index contributed by atoms with van der Waals surface area (Å²) in [4.78, 5) is 22.0. The Morgan fingerprint density at radius 2 is 2.14 bits per heavy atom. The predicted octanol–water partition coefficient (Wildman–Crippen LogP) is 4.18. The summed E-state index contributed by atoms with van der Waals surface area (Å²) in [5.41, 5.74) is 1.19. The number of benzene rings is 1. The molecule has 2 heterocycles. The number of carbonyl (C=O) groups excluding carboxylic acids is 1. The quantitative estimate of drug-likeness (QED) is 0.575. The third-order valence-electron chi connectivity index (χ3n) is 3.04. The van der Waals surface area contributed by atoms with Gasteiger partial charge in [0.05, 0.1) is 18.1 Å². The molecule has 3 rings (SSSR count). The van der Waals surface area contributed by atoms with Crippen LogP contribution < -0.4 is 5.32 Å². The maximum absolute atomic E-state index is 11.6. The van der Waals surface area contributed by atoms with Crippen LogP contribution in [0.1, 0.15) is 15.2 Å². The first-order chi connectivity index (χ1) is 10.6. The van der Waals surface area contributed by atoms with E-state index in [-0.39, 0.29) is 11.3 Å². The molecule has 0 atom stereocenters. The first kappa shape index (κ1) is 14.7. The zero-order valence-corrected chi connectivity index (χ0v) is 13.5. The van der Waals surface area contributed by atoms with Crippen LogP contribution in [0.25, 0.3) is 10.2 Å². The summed E-state index contributed by atoms with van der Waals surface area (Å²) < 4.78 is 4.72. The molecule has 0 aliphatic carbocycles. The molecule has 0 aliphatic rings. The Kier molecular flexibility index (Phi) is 3.96. The average Bonchev–Trinajstić information content (AvgIpc) is 2.87. The highest BCUT2D eigenvalue weighted by atomic mass is 35.5. The molecule has 22 heavy (non-hydrogen) atoms. The third kappa shape index (κ3) is 2.88. The minimum Gasteiger partial charge on any atom is -0.465 e. The number of esters is 1. The van der Waals surface area contributed by atoms with Crippen LogP contribution in [0.15, 0.2) is 30.3 Å². The number of nitrogens with zero attached hydrogens (tertiary/aromatic N) is 2. The summed E-state index contributed by atoms with van der Waals surface area (Å²) in [6, 6.07) is 9.00. The number of halogens is 1. The number of methoxy groups -OCH3 is 1. The molecule has 0 saturated heterocycles. The van der Waals surface area contributed by atoms with Gasteiger partial charge in [0.2, 0.25) is 5.28 Å². The summed E-state index contributed by atoms with van der Waals surface area (Å²) in [7, 11) is 1.35. The number of rotatable bonds is 3. The second kappa shape index (κ2) is 5.90. The molecule has 0 unspecified atom stereocenters. The first-order valence-electron chi connectivity index (χ1n) is 6.46. The molecule has 0 aliphatic heterocycles. The lowest BCUT2D eigenvalue weighted by Gasteiger charge is -2.08. The highest BCUT2D eigenvalue weighted by Gasteiger charge is 2.11. The Morgan fingerprint density at radius 3 is 2.91 bits per heavy atom. The minimum atomic E-state index is -0.388. The van der Waals surface area contributed by atoms with Crippen molar-refractivity contribution in [2.24, 2.45) is 0 Å². The number of thiophene rings is 1. The molecule has 0 saturated carbocycles. The number of hydrogen-bond donors (Lipinski definition) is 1. The van der Waals surface area contributed by atoms with Gasteiger partial charge in [0, 0.05) is 10.6 Å². The number of aromatic nitrogens is 2. The predicted molar refractivity (Wildman–Crippen MR) is 88.2 cm³/mol. The van der Waals surface area contributed by atoms with Crippen LogP contribution in [0.3, 0.4) is 0 Å². The first-order valence-corrected chi connectivity index (χ1v) is 7.65. The van der Waals surface area contributed by atoms with E-state index < -0.39 is 0 Å². The molecular formula is C15H12ClN3O2S. The smallest absolute Gasteiger partial charge is 0.337 e. The molecule has 0 spiro atoms. The van der Waals surface area contributed by atoms with Crippen molar-refractivity contribution in [3.05, 3.63) is 46.1 Å². The molecule has 5 nitrogen and oxygen atoms in total. The largest absolute Gasteiger partial charge is 0.465 e. The topological polar surface area (TPSA) is 64.1 Å². The summed E-state index contributed by atoms with van der Waals surface area (Å²) in [5.74, 6) is 0.224. The molecule has 1 aromatic carbocycles. The van der Waals surface area contributed by atoms with Crippen molar-refractivity contribution in [1.82, 2.24) is 9.97 Å². The highest BCUT2D eigenvalue weighted by Crippen LogP contribution is 2.31. The van der Waals surface area contributed by atoms with Crippen LogP contribution in [0.2, 0.25) is 5.28 Å². The van der Waals surface area contributed by atoms with Gasteiger partial charge in [0.15, 0.2) is 0 Å². The normalized spacial score (nSPS) is 10.7. The van der Waals surface area contributed by atoms with Crippen molar-refractivity contribution in [3.63, 3.8) is 0 Å². The molecular weight excluding hydrogens is 322 g/mol. The molecule has 112 valence electrons. The fourth-order valence-corrected chi connectivity index (χ4v) is 3.19. The van der Waals surface area contributed by atoms with E-state index >= 15 is 0 Å². The lowest BCUT2D eigenvalue weighted by molar-refractivity contribution is 0.0601. The number of carbonyl (C=O) groups is 1. The Hall–Kier alpha value is -2.18. The Bertz CT molecular complexity index is 863. The van der Waals surface area contributed by atoms with Gasteiger partial charge in [-0.2, -0.15) is 4.98 Å². The monoisotopic (exact) mass is 333 g/mol. The molecule has 0 amide bonds. The van der Waals surface area contributed by atoms with E-state index in [9.17, 15) is 4.79 Å². The Labute approximate surface area is 135 Å². The number of fused-ring (bicyclic) bond motifs is 1. The zero-order chi connectivity index (χ0) is 15.7. The minimum absolute atomic E-state index is 0.181. The molecule has 7 heteroatoms. The lowest BCUT2D eigenvalue weighted by atomic mass is 10.2. The van der Waals surface area contributed by atoms with Gasteiger partial charge in [-0.05, 0) is 42.8 Å². The molecule has 0 bridgehead atoms. The van der Waals surface area contributed by atoms with Gasteiger partial charge < -0.3 is 10.1 Å². The number of nitrogens with one attached hydrogen (secondary N) is 1. The van der Waals surface area contributed by atoms with E-state index in [0.717, 1.165) is 20.8 Å². The van der Waals surface area contributed by atoms with Crippen molar-refractivity contribution in [2.75, 3.05) is 12.4 Å². The second-order valence-electron chi connectivity index (χ2n) is 4.61. The van der Waals surface area contributed by atoms with Crippen LogP contribution in [-0.2, 0) is 4.74 Å². The van der Waals surface area contributed by atoms with Gasteiger partial charge in [-0.15, -0.1) is 11.3 Å². The summed E-state index contributed by atoms with van der Waals surface area (Å²) >= 11 is 7.53. The maximum Gasteiger partial charge on any atom is 0.337 e. The van der Waals surface area contributed by atoms with Crippen LogP contribution in [0, 0.1) is 6.92 Å². The lowest BCUT2D eigenvalue weighted by Crippen LogP contribution is -2.02. The number of ether oxygens (including phenoxy) is 1. The van der Waals surface area contributed by atoms with Gasteiger partial charge in [-0.3, -0.25) is 0 Å². The highest BCUT2D eigenvalue weighted by molar-refractivity contribution is 7.18. The Balaban J connectivity index is 2.01. The summed E-state index contributed by atoms with van der Waals surface area (Å²) in [5, 5.41) is 4.26. The van der Waals surface area contributed by atoms with Crippen molar-refractivity contribution >= 4 is 50.6 Å². The maximum atomic E-state index is 11.6. The Morgan fingerprint density at radius 1 is 1.32 bits per heavy atom. The van der Waals surface area contributed by atoms with Gasteiger partial charge in [0.25, 0.3) is 0 Å². The fourth-order valence-electron chi connectivity index (χ4n) is 2.09. The summed E-state index contributed by atoms with van der Waals surface area (Å²) in [6.45, 7) is 2.00. The number of anilines is 2. The van der Waals surface area contributed by atoms with E-state index in [1.54, 1.807) is 29.5 Å².